The van der Waals surface area contributed by atoms with E-state index < -0.39 is 0 Å². The van der Waals surface area contributed by atoms with Crippen LogP contribution in [0.2, 0.25) is 0 Å². The average Bonchev–Trinajstić information content (AvgIpc) is 3.48. The highest BCUT2D eigenvalue weighted by atomic mass is 16.5. The molecule has 8 heteroatoms. The minimum Gasteiger partial charge on any atom is -0.493 e. The fourth-order valence-corrected chi connectivity index (χ4v) is 3.91. The van der Waals surface area contributed by atoms with E-state index in [1.54, 1.807) is 28.4 Å². The molecule has 5 rings (SSSR count). The van der Waals surface area contributed by atoms with Crippen LogP contribution in [0.3, 0.4) is 0 Å². The van der Waals surface area contributed by atoms with E-state index in [2.05, 4.69) is 39.4 Å². The highest BCUT2D eigenvalue weighted by Crippen LogP contribution is 2.41. The molecule has 2 aromatic carbocycles. The number of fused-ring (bicyclic) bond motifs is 2. The summed E-state index contributed by atoms with van der Waals surface area (Å²) in [5.74, 6) is 2.86. The quantitative estimate of drug-likeness (QED) is 0.425. The van der Waals surface area contributed by atoms with Gasteiger partial charge in [0.05, 0.1) is 28.4 Å². The zero-order valence-electron chi connectivity index (χ0n) is 18.2. The van der Waals surface area contributed by atoms with Crippen molar-refractivity contribution >= 4 is 16.6 Å². The predicted octanol–water partition coefficient (Wildman–Crippen LogP) is 4.58. The number of rotatable bonds is 6. The normalized spacial score (nSPS) is 11.1. The van der Waals surface area contributed by atoms with E-state index in [-0.39, 0.29) is 0 Å². The van der Waals surface area contributed by atoms with Crippen LogP contribution < -0.4 is 18.9 Å². The van der Waals surface area contributed by atoms with Gasteiger partial charge in [-0.05, 0) is 47.3 Å². The van der Waals surface area contributed by atoms with Gasteiger partial charge < -0.3 is 23.9 Å². The fourth-order valence-electron chi connectivity index (χ4n) is 3.91. The highest BCUT2D eigenvalue weighted by Gasteiger charge is 2.19. The molecule has 0 aliphatic carbocycles. The van der Waals surface area contributed by atoms with Crippen molar-refractivity contribution in [1.29, 1.82) is 0 Å². The second-order valence-corrected chi connectivity index (χ2v) is 7.21. The first-order chi connectivity index (χ1) is 15.7. The second-order valence-electron chi connectivity index (χ2n) is 7.21. The molecule has 5 aromatic rings. The summed E-state index contributed by atoms with van der Waals surface area (Å²) in [6.07, 6.45) is 3.94. The zero-order chi connectivity index (χ0) is 22.2. The molecule has 32 heavy (non-hydrogen) atoms. The topological polar surface area (TPSA) is 82.9 Å². The lowest BCUT2D eigenvalue weighted by atomic mass is 10.1. The van der Waals surface area contributed by atoms with E-state index in [0.29, 0.717) is 34.5 Å². The van der Waals surface area contributed by atoms with Crippen LogP contribution in [0.1, 0.15) is 0 Å². The van der Waals surface area contributed by atoms with E-state index in [4.69, 9.17) is 18.9 Å². The largest absolute Gasteiger partial charge is 0.493 e. The smallest absolute Gasteiger partial charge is 0.203 e. The summed E-state index contributed by atoms with van der Waals surface area (Å²) in [7, 11) is 6.37. The summed E-state index contributed by atoms with van der Waals surface area (Å²) in [6, 6.07) is 14.0. The molecule has 0 amide bonds. The second kappa shape index (κ2) is 7.81. The van der Waals surface area contributed by atoms with Crippen molar-refractivity contribution in [1.82, 2.24) is 19.6 Å². The van der Waals surface area contributed by atoms with Crippen molar-refractivity contribution in [3.63, 3.8) is 0 Å². The monoisotopic (exact) mass is 430 g/mol. The molecule has 8 nitrogen and oxygen atoms in total. The minimum absolute atomic E-state index is 0.519. The number of hydrogen-bond donors (Lipinski definition) is 1. The number of nitrogens with zero attached hydrogens (tertiary/aromatic N) is 3. The standard InChI is InChI=1S/C24H22N4O4/c1-29-19-10-16(11-20(30-2)22(19)32-4)23-26-27-24-21(31-3)12-17(13-28(23)24)14-5-6-18-15(9-14)7-8-25-18/h5-13,25H,1-4H3. The van der Waals surface area contributed by atoms with Crippen molar-refractivity contribution in [3.8, 4) is 45.5 Å². The molecule has 0 fully saturated rings. The number of ether oxygens (including phenoxy) is 4. The Morgan fingerprint density at radius 1 is 0.719 bits per heavy atom. The van der Waals surface area contributed by atoms with Crippen LogP contribution in [-0.4, -0.2) is 48.0 Å². The van der Waals surface area contributed by atoms with Crippen LogP contribution in [0, 0.1) is 0 Å². The number of benzene rings is 2. The first kappa shape index (κ1) is 19.7. The van der Waals surface area contributed by atoms with Crippen LogP contribution >= 0.6 is 0 Å². The van der Waals surface area contributed by atoms with Gasteiger partial charge in [0.1, 0.15) is 0 Å². The first-order valence-corrected chi connectivity index (χ1v) is 9.97. The summed E-state index contributed by atoms with van der Waals surface area (Å²) in [5.41, 5.74) is 4.51. The van der Waals surface area contributed by atoms with Gasteiger partial charge in [0.25, 0.3) is 0 Å². The summed E-state index contributed by atoms with van der Waals surface area (Å²) in [6.45, 7) is 0. The van der Waals surface area contributed by atoms with Gasteiger partial charge in [0, 0.05) is 29.0 Å². The van der Waals surface area contributed by atoms with E-state index in [1.807, 2.05) is 35.0 Å². The number of aromatic nitrogens is 4. The van der Waals surface area contributed by atoms with Crippen molar-refractivity contribution in [2.45, 2.75) is 0 Å². The Labute approximate surface area is 184 Å². The lowest BCUT2D eigenvalue weighted by molar-refractivity contribution is 0.324. The van der Waals surface area contributed by atoms with Crippen molar-refractivity contribution in [2.24, 2.45) is 0 Å². The zero-order valence-corrected chi connectivity index (χ0v) is 18.2. The summed E-state index contributed by atoms with van der Waals surface area (Å²) in [5, 5.41) is 9.93. The Bertz CT molecular complexity index is 1410. The molecule has 0 aliphatic rings. The van der Waals surface area contributed by atoms with Gasteiger partial charge >= 0.3 is 0 Å². The molecule has 0 saturated heterocycles. The van der Waals surface area contributed by atoms with Gasteiger partial charge in [-0.1, -0.05) is 6.07 Å². The molecule has 0 unspecified atom stereocenters. The van der Waals surface area contributed by atoms with E-state index >= 15 is 0 Å². The molecule has 0 aliphatic heterocycles. The number of hydrogen-bond acceptors (Lipinski definition) is 6. The molecule has 0 spiro atoms. The molecular formula is C24H22N4O4. The summed E-state index contributed by atoms with van der Waals surface area (Å²) < 4.78 is 24.0. The molecule has 3 heterocycles. The Balaban J connectivity index is 1.72. The number of aromatic amines is 1. The van der Waals surface area contributed by atoms with Crippen LogP contribution in [0.4, 0.5) is 0 Å². The van der Waals surface area contributed by atoms with Gasteiger partial charge in [-0.2, -0.15) is 0 Å². The van der Waals surface area contributed by atoms with Gasteiger partial charge in [-0.25, -0.2) is 0 Å². The number of methoxy groups -OCH3 is 4. The summed E-state index contributed by atoms with van der Waals surface area (Å²) >= 11 is 0. The highest BCUT2D eigenvalue weighted by molar-refractivity contribution is 5.85. The van der Waals surface area contributed by atoms with Gasteiger partial charge in [-0.15, -0.1) is 10.2 Å². The Morgan fingerprint density at radius 3 is 2.12 bits per heavy atom. The van der Waals surface area contributed by atoms with Gasteiger partial charge in [0.2, 0.25) is 11.4 Å². The maximum Gasteiger partial charge on any atom is 0.203 e. The molecule has 0 saturated carbocycles. The number of H-pyrrole nitrogens is 1. The van der Waals surface area contributed by atoms with Crippen LogP contribution in [-0.2, 0) is 0 Å². The molecule has 0 bridgehead atoms. The molecule has 3 aromatic heterocycles. The Morgan fingerprint density at radius 2 is 1.44 bits per heavy atom. The summed E-state index contributed by atoms with van der Waals surface area (Å²) in [4.78, 5) is 3.22. The van der Waals surface area contributed by atoms with E-state index in [0.717, 1.165) is 27.6 Å². The first-order valence-electron chi connectivity index (χ1n) is 9.97. The fraction of sp³-hybridized carbons (Fsp3) is 0.167. The minimum atomic E-state index is 0.519. The molecule has 0 atom stereocenters. The average molecular weight is 430 g/mol. The number of pyridine rings is 1. The van der Waals surface area contributed by atoms with Crippen LogP contribution in [0.15, 0.2) is 54.9 Å². The SMILES string of the molecule is COc1cc(-c2nnc3c(OC)cc(-c4ccc5[nH]ccc5c4)cn23)cc(OC)c1OC. The third kappa shape index (κ3) is 3.08. The third-order valence-electron chi connectivity index (χ3n) is 5.50. The molecule has 1 N–H and O–H groups in total. The maximum absolute atomic E-state index is 5.64. The Kier molecular flexibility index (Phi) is 4.82. The lowest BCUT2D eigenvalue weighted by Crippen LogP contribution is -1.98. The third-order valence-corrected chi connectivity index (χ3v) is 5.50. The maximum atomic E-state index is 5.64. The van der Waals surface area contributed by atoms with E-state index in [9.17, 15) is 0 Å². The van der Waals surface area contributed by atoms with Gasteiger partial charge in [0.15, 0.2) is 23.1 Å². The molecule has 0 radical (unpaired) electrons. The number of nitrogens with one attached hydrogen (secondary N) is 1. The Hall–Kier alpha value is -4.20. The van der Waals surface area contributed by atoms with Crippen molar-refractivity contribution in [3.05, 3.63) is 54.9 Å². The van der Waals surface area contributed by atoms with E-state index in [1.165, 1.54) is 0 Å². The van der Waals surface area contributed by atoms with Crippen molar-refractivity contribution < 1.29 is 18.9 Å². The predicted molar refractivity (Wildman–Crippen MR) is 122 cm³/mol. The molecular weight excluding hydrogens is 408 g/mol. The molecule has 162 valence electrons. The lowest BCUT2D eigenvalue weighted by Gasteiger charge is -2.14. The van der Waals surface area contributed by atoms with Crippen LogP contribution in [0.25, 0.3) is 39.1 Å². The van der Waals surface area contributed by atoms with Crippen LogP contribution in [0.5, 0.6) is 23.0 Å². The van der Waals surface area contributed by atoms with Crippen molar-refractivity contribution in [2.75, 3.05) is 28.4 Å². The van der Waals surface area contributed by atoms with Gasteiger partial charge in [-0.3, -0.25) is 4.40 Å².